The largest absolute Gasteiger partial charge is 0.467 e. The first-order valence-corrected chi connectivity index (χ1v) is 9.50. The molecule has 0 unspecified atom stereocenters. The third kappa shape index (κ3) is 3.88. The lowest BCUT2D eigenvalue weighted by Crippen LogP contribution is -2.24. The van der Waals surface area contributed by atoms with Gasteiger partial charge in [-0.1, -0.05) is 41.6 Å². The SMILES string of the molecule is Cc1cccc(-c2c[nH]c3c(SCC(=O)NCc4ccco4)ncnc23)c1. The zero-order valence-electron chi connectivity index (χ0n) is 14.7. The van der Waals surface area contributed by atoms with Crippen LogP contribution < -0.4 is 5.32 Å². The Morgan fingerprint density at radius 1 is 1.26 bits per heavy atom. The molecule has 0 saturated carbocycles. The first kappa shape index (κ1) is 17.4. The highest BCUT2D eigenvalue weighted by molar-refractivity contribution is 8.00. The summed E-state index contributed by atoms with van der Waals surface area (Å²) in [5.74, 6) is 0.921. The molecule has 0 aliphatic heterocycles. The maximum atomic E-state index is 12.1. The van der Waals surface area contributed by atoms with Crippen molar-refractivity contribution in [3.63, 3.8) is 0 Å². The van der Waals surface area contributed by atoms with E-state index < -0.39 is 0 Å². The van der Waals surface area contributed by atoms with Crippen molar-refractivity contribution in [1.82, 2.24) is 20.3 Å². The lowest BCUT2D eigenvalue weighted by atomic mass is 10.1. The quantitative estimate of drug-likeness (QED) is 0.392. The van der Waals surface area contributed by atoms with Gasteiger partial charge in [0.15, 0.2) is 0 Å². The first-order valence-electron chi connectivity index (χ1n) is 8.52. The molecule has 0 radical (unpaired) electrons. The predicted octanol–water partition coefficient (Wildman–Crippen LogP) is 3.93. The highest BCUT2D eigenvalue weighted by Crippen LogP contribution is 2.31. The van der Waals surface area contributed by atoms with Crippen LogP contribution in [-0.2, 0) is 11.3 Å². The second-order valence-corrected chi connectivity index (χ2v) is 7.08. The Bertz CT molecular complexity index is 1070. The standard InChI is InChI=1S/C20H18N4O2S/c1-13-4-2-5-14(8-13)16-10-22-19-18(16)23-12-24-20(19)27-11-17(25)21-9-15-6-3-7-26-15/h2-8,10,12,22H,9,11H2,1H3,(H,21,25). The van der Waals surface area contributed by atoms with Gasteiger partial charge in [-0.3, -0.25) is 4.79 Å². The van der Waals surface area contributed by atoms with E-state index in [1.54, 1.807) is 18.7 Å². The van der Waals surface area contributed by atoms with Crippen molar-refractivity contribution in [3.8, 4) is 11.1 Å². The Morgan fingerprint density at radius 3 is 3.00 bits per heavy atom. The second kappa shape index (κ2) is 7.67. The average Bonchev–Trinajstić information content (AvgIpc) is 3.34. The number of carbonyl (C=O) groups is 1. The molecule has 2 N–H and O–H groups in total. The number of aromatic amines is 1. The summed E-state index contributed by atoms with van der Waals surface area (Å²) in [5, 5.41) is 3.59. The van der Waals surface area contributed by atoms with Crippen LogP contribution in [0.2, 0.25) is 0 Å². The molecule has 27 heavy (non-hydrogen) atoms. The minimum atomic E-state index is -0.0753. The number of fused-ring (bicyclic) bond motifs is 1. The number of nitrogens with zero attached hydrogens (tertiary/aromatic N) is 2. The molecule has 0 aliphatic carbocycles. The van der Waals surface area contributed by atoms with Crippen molar-refractivity contribution in [2.24, 2.45) is 0 Å². The minimum absolute atomic E-state index is 0.0753. The molecule has 0 atom stereocenters. The zero-order chi connectivity index (χ0) is 18.6. The van der Waals surface area contributed by atoms with Gasteiger partial charge >= 0.3 is 0 Å². The number of furan rings is 1. The maximum Gasteiger partial charge on any atom is 0.230 e. The third-order valence-electron chi connectivity index (χ3n) is 4.14. The van der Waals surface area contributed by atoms with Crippen LogP contribution >= 0.6 is 11.8 Å². The van der Waals surface area contributed by atoms with E-state index in [1.807, 2.05) is 18.3 Å². The summed E-state index contributed by atoms with van der Waals surface area (Å²) in [6.07, 6.45) is 5.07. The Balaban J connectivity index is 1.49. The van der Waals surface area contributed by atoms with Crippen molar-refractivity contribution in [2.45, 2.75) is 18.5 Å². The smallest absolute Gasteiger partial charge is 0.230 e. The number of amides is 1. The fraction of sp³-hybridized carbons (Fsp3) is 0.150. The summed E-state index contributed by atoms with van der Waals surface area (Å²) in [6.45, 7) is 2.45. The summed E-state index contributed by atoms with van der Waals surface area (Å²) in [7, 11) is 0. The van der Waals surface area contributed by atoms with Crippen molar-refractivity contribution in [2.75, 3.05) is 5.75 Å². The first-order chi connectivity index (χ1) is 13.2. The molecule has 3 heterocycles. The van der Waals surface area contributed by atoms with Crippen molar-refractivity contribution >= 4 is 28.7 Å². The van der Waals surface area contributed by atoms with Gasteiger partial charge in [0.25, 0.3) is 0 Å². The summed E-state index contributed by atoms with van der Waals surface area (Å²) in [4.78, 5) is 24.1. The van der Waals surface area contributed by atoms with E-state index in [-0.39, 0.29) is 11.7 Å². The van der Waals surface area contributed by atoms with Gasteiger partial charge in [0, 0.05) is 11.8 Å². The van der Waals surface area contributed by atoms with Gasteiger partial charge in [0.05, 0.1) is 24.1 Å². The lowest BCUT2D eigenvalue weighted by molar-refractivity contribution is -0.118. The number of H-pyrrole nitrogens is 1. The van der Waals surface area contributed by atoms with Gasteiger partial charge in [-0.25, -0.2) is 9.97 Å². The van der Waals surface area contributed by atoms with Crippen LogP contribution in [0.25, 0.3) is 22.2 Å². The number of aromatic nitrogens is 3. The molecule has 4 rings (SSSR count). The normalized spacial score (nSPS) is 11.0. The molecular weight excluding hydrogens is 360 g/mol. The molecule has 0 aliphatic rings. The van der Waals surface area contributed by atoms with Crippen LogP contribution in [0.1, 0.15) is 11.3 Å². The Hall–Kier alpha value is -3.06. The molecule has 7 heteroatoms. The number of benzene rings is 1. The number of rotatable bonds is 6. The number of aryl methyl sites for hydroxylation is 1. The van der Waals surface area contributed by atoms with Gasteiger partial charge in [-0.2, -0.15) is 0 Å². The lowest BCUT2D eigenvalue weighted by Gasteiger charge is -2.04. The minimum Gasteiger partial charge on any atom is -0.467 e. The van der Waals surface area contributed by atoms with Gasteiger partial charge < -0.3 is 14.7 Å². The summed E-state index contributed by atoms with van der Waals surface area (Å²) < 4.78 is 5.21. The molecule has 0 spiro atoms. The van der Waals surface area contributed by atoms with Crippen LogP contribution in [-0.4, -0.2) is 26.6 Å². The van der Waals surface area contributed by atoms with Crippen LogP contribution in [0, 0.1) is 6.92 Å². The predicted molar refractivity (Wildman–Crippen MR) is 105 cm³/mol. The monoisotopic (exact) mass is 378 g/mol. The second-order valence-electron chi connectivity index (χ2n) is 6.12. The topological polar surface area (TPSA) is 83.8 Å². The van der Waals surface area contributed by atoms with Crippen LogP contribution in [0.5, 0.6) is 0 Å². The molecule has 1 amide bonds. The van der Waals surface area contributed by atoms with Crippen molar-refractivity contribution in [1.29, 1.82) is 0 Å². The Labute approximate surface area is 160 Å². The van der Waals surface area contributed by atoms with E-state index in [2.05, 4.69) is 45.4 Å². The van der Waals surface area contributed by atoms with E-state index >= 15 is 0 Å². The molecule has 3 aromatic heterocycles. The van der Waals surface area contributed by atoms with Crippen molar-refractivity contribution < 1.29 is 9.21 Å². The van der Waals surface area contributed by atoms with Crippen molar-refractivity contribution in [3.05, 3.63) is 66.5 Å². The number of thioether (sulfide) groups is 1. The third-order valence-corrected chi connectivity index (χ3v) is 5.13. The number of hydrogen-bond acceptors (Lipinski definition) is 5. The van der Waals surface area contributed by atoms with Gasteiger partial charge in [-0.15, -0.1) is 0 Å². The van der Waals surface area contributed by atoms with Gasteiger partial charge in [-0.05, 0) is 24.6 Å². The average molecular weight is 378 g/mol. The number of nitrogens with one attached hydrogen (secondary N) is 2. The molecule has 1 aromatic carbocycles. The van der Waals surface area contributed by atoms with Crippen LogP contribution in [0.3, 0.4) is 0 Å². The Kier molecular flexibility index (Phi) is 4.93. The molecular formula is C20H18N4O2S. The number of hydrogen-bond donors (Lipinski definition) is 2. The van der Waals surface area contributed by atoms with Crippen LogP contribution in [0.15, 0.2) is 64.6 Å². The highest BCUT2D eigenvalue weighted by atomic mass is 32.2. The van der Waals surface area contributed by atoms with E-state index in [1.165, 1.54) is 17.3 Å². The zero-order valence-corrected chi connectivity index (χ0v) is 15.5. The molecule has 0 saturated heterocycles. The van der Waals surface area contributed by atoms with Gasteiger partial charge in [0.1, 0.15) is 22.6 Å². The van der Waals surface area contributed by atoms with E-state index in [0.29, 0.717) is 6.54 Å². The van der Waals surface area contributed by atoms with Gasteiger partial charge in [0.2, 0.25) is 5.91 Å². The summed E-state index contributed by atoms with van der Waals surface area (Å²) >= 11 is 1.38. The van der Waals surface area contributed by atoms with E-state index in [0.717, 1.165) is 32.9 Å². The molecule has 136 valence electrons. The summed E-state index contributed by atoms with van der Waals surface area (Å²) in [5.41, 5.74) is 5.03. The molecule has 4 aromatic rings. The summed E-state index contributed by atoms with van der Waals surface area (Å²) in [6, 6.07) is 11.9. The van der Waals surface area contributed by atoms with E-state index in [4.69, 9.17) is 4.42 Å². The molecule has 6 nitrogen and oxygen atoms in total. The fourth-order valence-corrected chi connectivity index (χ4v) is 3.63. The molecule has 0 bridgehead atoms. The van der Waals surface area contributed by atoms with Crippen LogP contribution in [0.4, 0.5) is 0 Å². The maximum absolute atomic E-state index is 12.1. The Morgan fingerprint density at radius 2 is 2.19 bits per heavy atom. The number of carbonyl (C=O) groups excluding carboxylic acids is 1. The molecule has 0 fully saturated rings. The highest BCUT2D eigenvalue weighted by Gasteiger charge is 2.13. The fourth-order valence-electron chi connectivity index (χ4n) is 2.84. The van der Waals surface area contributed by atoms with E-state index in [9.17, 15) is 4.79 Å².